The molecule has 4 rings (SSSR count). The molecule has 6 heteroatoms. The minimum Gasteiger partial charge on any atom is -0.489 e. The van der Waals surface area contributed by atoms with Crippen molar-refractivity contribution in [2.24, 2.45) is 4.99 Å². The Hall–Kier alpha value is -3.22. The number of allylic oxidation sites excluding steroid dienone is 2. The van der Waals surface area contributed by atoms with Crippen molar-refractivity contribution in [3.05, 3.63) is 89.1 Å². The first-order valence-corrected chi connectivity index (χ1v) is 12.0. The Morgan fingerprint density at radius 2 is 1.53 bits per heavy atom. The summed E-state index contributed by atoms with van der Waals surface area (Å²) in [7, 11) is 0. The van der Waals surface area contributed by atoms with Gasteiger partial charge in [-0.2, -0.15) is 0 Å². The van der Waals surface area contributed by atoms with Crippen LogP contribution in [0.3, 0.4) is 0 Å². The molecule has 0 aromatic heterocycles. The van der Waals surface area contributed by atoms with E-state index in [2.05, 4.69) is 45.1 Å². The number of rotatable bonds is 10. The van der Waals surface area contributed by atoms with Crippen molar-refractivity contribution < 1.29 is 14.6 Å². The number of hydrogen-bond donors (Lipinski definition) is 1. The minimum absolute atomic E-state index is 0.147. The maximum Gasteiger partial charge on any atom is 0.303 e. The van der Waals surface area contributed by atoms with E-state index in [4.69, 9.17) is 9.84 Å². The Bertz CT molecular complexity index is 1020. The summed E-state index contributed by atoms with van der Waals surface area (Å²) in [6, 6.07) is 16.3. The summed E-state index contributed by atoms with van der Waals surface area (Å²) in [6.45, 7) is 6.89. The van der Waals surface area contributed by atoms with E-state index in [1.807, 2.05) is 42.8 Å². The molecule has 1 saturated heterocycles. The molecule has 2 aromatic rings. The molecule has 2 aliphatic heterocycles. The van der Waals surface area contributed by atoms with E-state index in [0.717, 1.165) is 62.6 Å². The molecule has 34 heavy (non-hydrogen) atoms. The van der Waals surface area contributed by atoms with E-state index >= 15 is 0 Å². The van der Waals surface area contributed by atoms with Gasteiger partial charge in [0.1, 0.15) is 12.4 Å². The van der Waals surface area contributed by atoms with Crippen LogP contribution in [0.5, 0.6) is 5.75 Å². The standard InChI is InChI=1S/C28H33N3O3/c32-28(33)12-9-23-7-10-27(11-8-23)34-22-26-5-3-25(4-6-26)21-31-18-16-30(17-19-31)20-24-2-1-14-29-15-13-24/h1-8,10-11,14-15H,9,12-13,16-22H2,(H,32,33). The molecule has 0 radical (unpaired) electrons. The lowest BCUT2D eigenvalue weighted by Gasteiger charge is -2.35. The number of benzene rings is 2. The van der Waals surface area contributed by atoms with Gasteiger partial charge < -0.3 is 9.84 Å². The average molecular weight is 460 g/mol. The number of hydrogen-bond acceptors (Lipinski definition) is 5. The highest BCUT2D eigenvalue weighted by Gasteiger charge is 2.17. The van der Waals surface area contributed by atoms with Crippen molar-refractivity contribution in [2.45, 2.75) is 32.4 Å². The highest BCUT2D eigenvalue weighted by Crippen LogP contribution is 2.17. The van der Waals surface area contributed by atoms with Crippen molar-refractivity contribution in [3.8, 4) is 5.75 Å². The number of aliphatic carboxylic acids is 1. The second kappa shape index (κ2) is 12.3. The summed E-state index contributed by atoms with van der Waals surface area (Å²) >= 11 is 0. The van der Waals surface area contributed by atoms with Gasteiger partial charge >= 0.3 is 5.97 Å². The third-order valence-electron chi connectivity index (χ3n) is 6.24. The van der Waals surface area contributed by atoms with Gasteiger partial charge in [0.2, 0.25) is 0 Å². The van der Waals surface area contributed by atoms with Gasteiger partial charge in [-0.25, -0.2) is 0 Å². The monoisotopic (exact) mass is 459 g/mol. The molecule has 2 heterocycles. The fourth-order valence-electron chi connectivity index (χ4n) is 4.21. The van der Waals surface area contributed by atoms with E-state index in [1.54, 1.807) is 0 Å². The van der Waals surface area contributed by atoms with Gasteiger partial charge in [-0.15, -0.1) is 0 Å². The molecule has 0 bridgehead atoms. The molecular weight excluding hydrogens is 426 g/mol. The lowest BCUT2D eigenvalue weighted by Crippen LogP contribution is -2.46. The molecule has 1 N–H and O–H groups in total. The summed E-state index contributed by atoms with van der Waals surface area (Å²) in [5.74, 6) is 0.0199. The summed E-state index contributed by atoms with van der Waals surface area (Å²) in [6.07, 6.45) is 9.70. The second-order valence-corrected chi connectivity index (χ2v) is 8.90. The predicted molar refractivity (Wildman–Crippen MR) is 135 cm³/mol. The van der Waals surface area contributed by atoms with Crippen molar-refractivity contribution in [1.29, 1.82) is 0 Å². The van der Waals surface area contributed by atoms with Gasteiger partial charge in [-0.1, -0.05) is 48.0 Å². The molecule has 0 aliphatic carbocycles. The Balaban J connectivity index is 1.18. The first kappa shape index (κ1) is 23.9. The molecule has 178 valence electrons. The normalized spacial score (nSPS) is 16.8. The van der Waals surface area contributed by atoms with E-state index in [-0.39, 0.29) is 6.42 Å². The number of carboxylic acids is 1. The zero-order valence-corrected chi connectivity index (χ0v) is 19.6. The third kappa shape index (κ3) is 7.68. The van der Waals surface area contributed by atoms with Gasteiger partial charge in [0.15, 0.2) is 0 Å². The number of carboxylic acid groups (broad SMARTS) is 1. The van der Waals surface area contributed by atoms with E-state index in [0.29, 0.717) is 13.0 Å². The van der Waals surface area contributed by atoms with Crippen LogP contribution in [0.4, 0.5) is 0 Å². The van der Waals surface area contributed by atoms with Gasteiger partial charge in [0.05, 0.1) is 0 Å². The Labute approximate surface area is 201 Å². The number of aryl methyl sites for hydroxylation is 1. The Morgan fingerprint density at radius 3 is 2.24 bits per heavy atom. The summed E-state index contributed by atoms with van der Waals surface area (Å²) in [5, 5.41) is 8.79. The SMILES string of the molecule is O=C(O)CCc1ccc(OCc2ccc(CN3CCN(CC4=CC=CN=CC4)CC3)cc2)cc1. The Kier molecular flexibility index (Phi) is 8.65. The molecule has 0 amide bonds. The zero-order valence-electron chi connectivity index (χ0n) is 19.6. The number of ether oxygens (including phenoxy) is 1. The zero-order chi connectivity index (χ0) is 23.6. The highest BCUT2D eigenvalue weighted by molar-refractivity contribution is 5.67. The van der Waals surface area contributed by atoms with Gasteiger partial charge in [-0.3, -0.25) is 19.6 Å². The highest BCUT2D eigenvalue weighted by atomic mass is 16.5. The quantitative estimate of drug-likeness (QED) is 0.573. The smallest absolute Gasteiger partial charge is 0.303 e. The van der Waals surface area contributed by atoms with Crippen LogP contribution in [0.15, 0.2) is 77.4 Å². The largest absolute Gasteiger partial charge is 0.489 e. The molecule has 1 fully saturated rings. The summed E-state index contributed by atoms with van der Waals surface area (Å²) in [5.41, 5.74) is 4.90. The topological polar surface area (TPSA) is 65.4 Å². The lowest BCUT2D eigenvalue weighted by atomic mass is 10.1. The number of nitrogens with zero attached hydrogens (tertiary/aromatic N) is 3. The summed E-state index contributed by atoms with van der Waals surface area (Å²) in [4.78, 5) is 20.0. The molecule has 0 atom stereocenters. The molecule has 6 nitrogen and oxygen atoms in total. The van der Waals surface area contributed by atoms with Crippen LogP contribution in [0.25, 0.3) is 0 Å². The minimum atomic E-state index is -0.775. The molecule has 2 aliphatic rings. The van der Waals surface area contributed by atoms with Crippen LogP contribution in [-0.2, 0) is 24.4 Å². The number of piperazine rings is 1. The molecule has 2 aromatic carbocycles. The van der Waals surface area contributed by atoms with Crippen LogP contribution in [0, 0.1) is 0 Å². The van der Waals surface area contributed by atoms with Crippen LogP contribution < -0.4 is 4.74 Å². The van der Waals surface area contributed by atoms with Gasteiger partial charge in [0, 0.05) is 64.5 Å². The first-order chi connectivity index (χ1) is 16.6. The molecule has 0 spiro atoms. The number of aliphatic imine (C=N–C) groups is 1. The van der Waals surface area contributed by atoms with Crippen molar-refractivity contribution in [2.75, 3.05) is 32.7 Å². The maximum absolute atomic E-state index is 10.7. The maximum atomic E-state index is 10.7. The van der Waals surface area contributed by atoms with Gasteiger partial charge in [0.25, 0.3) is 0 Å². The van der Waals surface area contributed by atoms with Crippen LogP contribution in [-0.4, -0.2) is 59.8 Å². The summed E-state index contributed by atoms with van der Waals surface area (Å²) < 4.78 is 5.90. The van der Waals surface area contributed by atoms with E-state index in [1.165, 1.54) is 11.1 Å². The lowest BCUT2D eigenvalue weighted by molar-refractivity contribution is -0.136. The first-order valence-electron chi connectivity index (χ1n) is 12.0. The van der Waals surface area contributed by atoms with Crippen molar-refractivity contribution in [1.82, 2.24) is 9.80 Å². The fourth-order valence-corrected chi connectivity index (χ4v) is 4.21. The fraction of sp³-hybridized carbons (Fsp3) is 0.357. The van der Waals surface area contributed by atoms with Crippen LogP contribution in [0.1, 0.15) is 29.5 Å². The van der Waals surface area contributed by atoms with Gasteiger partial charge in [-0.05, 0) is 41.3 Å². The van der Waals surface area contributed by atoms with Crippen molar-refractivity contribution >= 4 is 12.2 Å². The van der Waals surface area contributed by atoms with E-state index < -0.39 is 5.97 Å². The van der Waals surface area contributed by atoms with Crippen molar-refractivity contribution in [3.63, 3.8) is 0 Å². The predicted octanol–water partition coefficient (Wildman–Crippen LogP) is 4.32. The molecule has 0 saturated carbocycles. The van der Waals surface area contributed by atoms with Crippen LogP contribution in [0.2, 0.25) is 0 Å². The average Bonchev–Trinajstić information content (AvgIpc) is 3.13. The third-order valence-corrected chi connectivity index (χ3v) is 6.24. The molecular formula is C28H33N3O3. The Morgan fingerprint density at radius 1 is 0.882 bits per heavy atom. The van der Waals surface area contributed by atoms with Crippen LogP contribution >= 0.6 is 0 Å². The van der Waals surface area contributed by atoms with E-state index in [9.17, 15) is 4.79 Å². The number of carbonyl (C=O) groups is 1. The molecule has 0 unspecified atom stereocenters. The second-order valence-electron chi connectivity index (χ2n) is 8.90.